The standard InChI is InChI=1S/C35H34N4O6.C8H7ClO2/c1-4-45-32-22-24(15-18-31(32)44-3)30-12-7-19-39(38-30)35(42)26-9-5-10-28(20-26)37-33(40)23-13-16-27(17-14-23)36-34(41)25-8-6-11-29(21-25)43-2;1-11-7-4-2-3-6(5-7)8(9)10/h5-6,8-11,13-18,20-22H,4,7,12,19H2,1-3H3,(H,36,41)(H,37,40);2-5H,1H3. The zero-order valence-corrected chi connectivity index (χ0v) is 32.1. The second-order valence-corrected chi connectivity index (χ2v) is 12.5. The fraction of sp³-hybridized carbons (Fsp3) is 0.186. The van der Waals surface area contributed by atoms with E-state index in [2.05, 4.69) is 15.7 Å². The Kier molecular flexibility index (Phi) is 14.2. The summed E-state index contributed by atoms with van der Waals surface area (Å²) in [6, 6.07) is 32.5. The number of carbonyl (C=O) groups is 4. The van der Waals surface area contributed by atoms with Crippen LogP contribution in [0.4, 0.5) is 11.4 Å². The molecule has 5 aromatic rings. The first kappa shape index (κ1) is 40.5. The van der Waals surface area contributed by atoms with Crippen molar-refractivity contribution < 1.29 is 38.1 Å². The minimum absolute atomic E-state index is 0.266. The van der Waals surface area contributed by atoms with Crippen molar-refractivity contribution in [3.05, 3.63) is 143 Å². The normalized spacial score (nSPS) is 11.9. The third kappa shape index (κ3) is 10.7. The number of nitrogens with one attached hydrogen (secondary N) is 2. The lowest BCUT2D eigenvalue weighted by atomic mass is 10.0. The Balaban J connectivity index is 0.000000470. The number of methoxy groups -OCH3 is 3. The van der Waals surface area contributed by atoms with E-state index in [1.165, 1.54) is 19.2 Å². The van der Waals surface area contributed by atoms with Gasteiger partial charge in [0.15, 0.2) is 11.5 Å². The summed E-state index contributed by atoms with van der Waals surface area (Å²) in [6.07, 6.45) is 1.48. The second-order valence-electron chi connectivity index (χ2n) is 12.2. The molecule has 0 spiro atoms. The van der Waals surface area contributed by atoms with Crippen molar-refractivity contribution in [2.45, 2.75) is 19.8 Å². The summed E-state index contributed by atoms with van der Waals surface area (Å²) in [5.41, 5.74) is 4.35. The van der Waals surface area contributed by atoms with Crippen molar-refractivity contribution in [3.8, 4) is 23.0 Å². The van der Waals surface area contributed by atoms with Crippen LogP contribution >= 0.6 is 11.6 Å². The zero-order valence-electron chi connectivity index (χ0n) is 31.3. The lowest BCUT2D eigenvalue weighted by Gasteiger charge is -2.24. The van der Waals surface area contributed by atoms with E-state index in [4.69, 9.17) is 30.5 Å². The third-order valence-electron chi connectivity index (χ3n) is 8.46. The van der Waals surface area contributed by atoms with Gasteiger partial charge in [0.2, 0.25) is 0 Å². The van der Waals surface area contributed by atoms with Crippen LogP contribution < -0.4 is 29.6 Å². The predicted molar refractivity (Wildman–Crippen MR) is 216 cm³/mol. The van der Waals surface area contributed by atoms with Gasteiger partial charge < -0.3 is 29.6 Å². The van der Waals surface area contributed by atoms with Gasteiger partial charge in [-0.1, -0.05) is 18.2 Å². The van der Waals surface area contributed by atoms with Crippen molar-refractivity contribution >= 4 is 51.7 Å². The van der Waals surface area contributed by atoms with E-state index in [9.17, 15) is 19.2 Å². The molecule has 6 rings (SSSR count). The molecule has 0 radical (unpaired) electrons. The highest BCUT2D eigenvalue weighted by molar-refractivity contribution is 6.67. The fourth-order valence-corrected chi connectivity index (χ4v) is 5.73. The van der Waals surface area contributed by atoms with Crippen LogP contribution in [0.3, 0.4) is 0 Å². The molecule has 288 valence electrons. The van der Waals surface area contributed by atoms with Crippen LogP contribution in [0.15, 0.2) is 120 Å². The van der Waals surface area contributed by atoms with Gasteiger partial charge in [-0.3, -0.25) is 19.2 Å². The minimum Gasteiger partial charge on any atom is -0.497 e. The van der Waals surface area contributed by atoms with E-state index in [0.717, 1.165) is 24.1 Å². The van der Waals surface area contributed by atoms with Crippen LogP contribution in [0.5, 0.6) is 23.0 Å². The first-order valence-electron chi connectivity index (χ1n) is 17.6. The molecule has 0 saturated heterocycles. The number of anilines is 2. The summed E-state index contributed by atoms with van der Waals surface area (Å²) < 4.78 is 21.2. The molecule has 0 aromatic heterocycles. The molecule has 0 saturated carbocycles. The topological polar surface area (TPSA) is 145 Å². The van der Waals surface area contributed by atoms with Gasteiger partial charge in [-0.15, -0.1) is 0 Å². The summed E-state index contributed by atoms with van der Waals surface area (Å²) in [4.78, 5) is 49.7. The summed E-state index contributed by atoms with van der Waals surface area (Å²) in [5, 5.41) is 11.3. The van der Waals surface area contributed by atoms with E-state index >= 15 is 0 Å². The molecule has 0 unspecified atom stereocenters. The van der Waals surface area contributed by atoms with E-state index in [1.54, 1.807) is 104 Å². The molecule has 0 atom stereocenters. The van der Waals surface area contributed by atoms with E-state index in [-0.39, 0.29) is 17.7 Å². The number of hydrazone groups is 1. The third-order valence-corrected chi connectivity index (χ3v) is 8.68. The first-order valence-corrected chi connectivity index (χ1v) is 18.0. The molecule has 5 aromatic carbocycles. The highest BCUT2D eigenvalue weighted by Crippen LogP contribution is 2.30. The molecule has 13 heteroatoms. The Morgan fingerprint density at radius 1 is 0.661 bits per heavy atom. The Morgan fingerprint density at radius 3 is 1.95 bits per heavy atom. The van der Waals surface area contributed by atoms with Crippen LogP contribution in [-0.2, 0) is 0 Å². The SMILES string of the molecule is CCOc1cc(C2=NN(C(=O)c3cccc(NC(=O)c4ccc(NC(=O)c5cccc(OC)c5)cc4)c3)CCC2)ccc1OC.COc1cccc(C(=O)Cl)c1. The number of ether oxygens (including phenoxy) is 4. The Labute approximate surface area is 330 Å². The van der Waals surface area contributed by atoms with Crippen molar-refractivity contribution in [1.29, 1.82) is 0 Å². The Morgan fingerprint density at radius 2 is 1.29 bits per heavy atom. The summed E-state index contributed by atoms with van der Waals surface area (Å²) in [5.74, 6) is 1.56. The largest absolute Gasteiger partial charge is 0.497 e. The molecular weight excluding hydrogens is 736 g/mol. The van der Waals surface area contributed by atoms with Crippen molar-refractivity contribution in [2.24, 2.45) is 5.10 Å². The molecule has 12 nitrogen and oxygen atoms in total. The molecule has 0 aliphatic carbocycles. The van der Waals surface area contributed by atoms with Crippen LogP contribution in [-0.4, -0.2) is 68.2 Å². The van der Waals surface area contributed by atoms with Gasteiger partial charge in [-0.25, -0.2) is 5.01 Å². The number of amides is 3. The highest BCUT2D eigenvalue weighted by Gasteiger charge is 2.22. The van der Waals surface area contributed by atoms with Gasteiger partial charge in [0, 0.05) is 45.7 Å². The number of benzene rings is 5. The summed E-state index contributed by atoms with van der Waals surface area (Å²) in [7, 11) is 4.67. The van der Waals surface area contributed by atoms with Gasteiger partial charge in [0.1, 0.15) is 11.5 Å². The maximum absolute atomic E-state index is 13.4. The highest BCUT2D eigenvalue weighted by atomic mass is 35.5. The molecule has 1 aliphatic rings. The predicted octanol–water partition coefficient (Wildman–Crippen LogP) is 8.32. The number of nitrogens with zero attached hydrogens (tertiary/aromatic N) is 2. The molecule has 0 bridgehead atoms. The van der Waals surface area contributed by atoms with E-state index in [1.807, 2.05) is 25.1 Å². The maximum Gasteiger partial charge on any atom is 0.274 e. The average molecular weight is 777 g/mol. The molecule has 1 heterocycles. The van der Waals surface area contributed by atoms with Crippen LogP contribution in [0, 0.1) is 0 Å². The number of carbonyl (C=O) groups excluding carboxylic acids is 4. The van der Waals surface area contributed by atoms with Gasteiger partial charge in [-0.2, -0.15) is 5.10 Å². The number of rotatable bonds is 12. The Bertz CT molecular complexity index is 2220. The van der Waals surface area contributed by atoms with Gasteiger partial charge in [-0.05, 0) is 128 Å². The summed E-state index contributed by atoms with van der Waals surface area (Å²) in [6.45, 7) is 2.89. The quantitative estimate of drug-likeness (QED) is 0.120. The van der Waals surface area contributed by atoms with Gasteiger partial charge in [0.25, 0.3) is 23.0 Å². The minimum atomic E-state index is -0.469. The van der Waals surface area contributed by atoms with Crippen molar-refractivity contribution in [2.75, 3.05) is 45.1 Å². The second kappa shape index (κ2) is 19.6. The molecule has 1 aliphatic heterocycles. The molecule has 3 amide bonds. The number of hydrogen-bond donors (Lipinski definition) is 2. The van der Waals surface area contributed by atoms with Gasteiger partial charge in [0.05, 0.1) is 33.6 Å². The fourth-order valence-electron chi connectivity index (χ4n) is 5.62. The lowest BCUT2D eigenvalue weighted by Crippen LogP contribution is -2.32. The summed E-state index contributed by atoms with van der Waals surface area (Å²) >= 11 is 5.24. The molecular formula is C43H41ClN4O8. The van der Waals surface area contributed by atoms with E-state index in [0.29, 0.717) is 69.8 Å². The lowest BCUT2D eigenvalue weighted by molar-refractivity contribution is 0.0751. The molecule has 2 N–H and O–H groups in total. The van der Waals surface area contributed by atoms with Gasteiger partial charge >= 0.3 is 0 Å². The monoisotopic (exact) mass is 776 g/mol. The Hall–Kier alpha value is -6.66. The van der Waals surface area contributed by atoms with Crippen LogP contribution in [0.2, 0.25) is 0 Å². The smallest absolute Gasteiger partial charge is 0.274 e. The zero-order chi connectivity index (χ0) is 40.0. The van der Waals surface area contributed by atoms with Crippen molar-refractivity contribution in [3.63, 3.8) is 0 Å². The number of halogens is 1. The average Bonchev–Trinajstić information content (AvgIpc) is 3.24. The first-order chi connectivity index (χ1) is 27.1. The molecule has 56 heavy (non-hydrogen) atoms. The number of hydrogen-bond acceptors (Lipinski definition) is 9. The van der Waals surface area contributed by atoms with Crippen molar-refractivity contribution in [1.82, 2.24) is 5.01 Å². The molecule has 0 fully saturated rings. The maximum atomic E-state index is 13.4. The van der Waals surface area contributed by atoms with E-state index < -0.39 is 5.24 Å². The van der Waals surface area contributed by atoms with Crippen LogP contribution in [0.25, 0.3) is 0 Å². The van der Waals surface area contributed by atoms with Crippen LogP contribution in [0.1, 0.15) is 66.8 Å².